The second-order valence-corrected chi connectivity index (χ2v) is 15.9. The predicted octanol–water partition coefficient (Wildman–Crippen LogP) is 5.85. The Morgan fingerprint density at radius 3 is 2.32 bits per heavy atom. The Balaban J connectivity index is 0.940. The van der Waals surface area contributed by atoms with Crippen molar-refractivity contribution >= 4 is 41.3 Å². The third kappa shape index (κ3) is 7.66. The predicted molar refractivity (Wildman–Crippen MR) is 233 cm³/mol. The number of carbonyl (C=O) groups excluding carboxylic acids is 4. The number of halogens is 1. The van der Waals surface area contributed by atoms with E-state index in [-0.39, 0.29) is 35.8 Å². The van der Waals surface area contributed by atoms with Crippen molar-refractivity contribution in [1.82, 2.24) is 29.5 Å². The number of aromatic nitrogens is 4. The lowest BCUT2D eigenvalue weighted by Crippen LogP contribution is -2.46. The van der Waals surface area contributed by atoms with Crippen LogP contribution in [-0.4, -0.2) is 87.6 Å². The van der Waals surface area contributed by atoms with E-state index in [0.29, 0.717) is 73.2 Å². The summed E-state index contributed by atoms with van der Waals surface area (Å²) in [5.41, 5.74) is 8.12. The summed E-state index contributed by atoms with van der Waals surface area (Å²) in [7, 11) is 1.61. The third-order valence-corrected chi connectivity index (χ3v) is 12.2. The standard InChI is InChI=1S/C47H44FN9O5/c1-30-37(16-17-49-44(30)56-23-22-55(47(56)62)35-5-3-4-32(24-35)28-58)39-12-11-36(57-29-50-52(2)46(57)61)26-40(39)33-8-6-31(7-9-33)27-53-18-20-54(21-19-53)42-14-10-34(25-41(42)48)38-13-15-43(59)51-45(38)60/h3-12,14,16-17,24-26,28-29,38H,13,15,18-23,27H2,1-2H3,(H,51,59,60). The first-order chi connectivity index (χ1) is 30.1. The summed E-state index contributed by atoms with van der Waals surface area (Å²) in [6.07, 6.45) is 4.59. The van der Waals surface area contributed by atoms with Crippen molar-refractivity contribution in [3.8, 4) is 27.9 Å². The van der Waals surface area contributed by atoms with E-state index >= 15 is 4.39 Å². The number of piperidine rings is 1. The van der Waals surface area contributed by atoms with Crippen LogP contribution < -0.4 is 25.7 Å². The lowest BCUT2D eigenvalue weighted by atomic mass is 9.90. The van der Waals surface area contributed by atoms with Crippen molar-refractivity contribution in [1.29, 1.82) is 0 Å². The van der Waals surface area contributed by atoms with E-state index in [9.17, 15) is 24.0 Å². The van der Waals surface area contributed by atoms with Crippen LogP contribution in [0.2, 0.25) is 0 Å². The second-order valence-electron chi connectivity index (χ2n) is 15.9. The van der Waals surface area contributed by atoms with Gasteiger partial charge in [0.15, 0.2) is 0 Å². The molecule has 14 nitrogen and oxygen atoms in total. The van der Waals surface area contributed by atoms with Gasteiger partial charge in [0, 0.05) is 76.7 Å². The lowest BCUT2D eigenvalue weighted by Gasteiger charge is -2.36. The second kappa shape index (κ2) is 16.7. The van der Waals surface area contributed by atoms with Crippen molar-refractivity contribution in [3.05, 3.63) is 142 Å². The minimum atomic E-state index is -0.534. The number of rotatable bonds is 10. The fourth-order valence-corrected chi connectivity index (χ4v) is 8.75. The zero-order valence-electron chi connectivity index (χ0n) is 34.3. The number of imide groups is 1. The van der Waals surface area contributed by atoms with Gasteiger partial charge in [-0.15, -0.1) is 0 Å². The van der Waals surface area contributed by atoms with E-state index in [1.54, 1.807) is 53.4 Å². The number of amides is 4. The quantitative estimate of drug-likeness (QED) is 0.133. The van der Waals surface area contributed by atoms with E-state index in [2.05, 4.69) is 44.6 Å². The van der Waals surface area contributed by atoms with Gasteiger partial charge >= 0.3 is 11.7 Å². The summed E-state index contributed by atoms with van der Waals surface area (Å²) >= 11 is 0. The number of aldehydes is 1. The van der Waals surface area contributed by atoms with Crippen LogP contribution in [0, 0.1) is 12.7 Å². The number of pyridine rings is 1. The minimum Gasteiger partial charge on any atom is -0.367 e. The minimum absolute atomic E-state index is 0.225. The number of benzene rings is 4. The van der Waals surface area contributed by atoms with E-state index in [1.165, 1.54) is 21.6 Å². The highest BCUT2D eigenvalue weighted by Crippen LogP contribution is 2.39. The van der Waals surface area contributed by atoms with Gasteiger partial charge in [0.1, 0.15) is 24.2 Å². The number of carbonyl (C=O) groups is 4. The molecule has 1 N–H and O–H groups in total. The molecule has 6 aromatic rings. The van der Waals surface area contributed by atoms with Crippen molar-refractivity contribution in [2.24, 2.45) is 7.05 Å². The number of aryl methyl sites for hydroxylation is 1. The van der Waals surface area contributed by atoms with E-state index < -0.39 is 5.92 Å². The van der Waals surface area contributed by atoms with Gasteiger partial charge in [-0.25, -0.2) is 28.2 Å². The highest BCUT2D eigenvalue weighted by molar-refractivity contribution is 6.07. The normalized spacial score (nSPS) is 17.2. The van der Waals surface area contributed by atoms with Crippen molar-refractivity contribution in [2.75, 3.05) is 54.0 Å². The summed E-state index contributed by atoms with van der Waals surface area (Å²) in [5.74, 6) is -1.04. The van der Waals surface area contributed by atoms with Crippen LogP contribution in [0.5, 0.6) is 0 Å². The summed E-state index contributed by atoms with van der Waals surface area (Å²) in [6, 6.07) is 27.8. The molecular formula is C47H44FN9O5. The topological polar surface area (TPSA) is 146 Å². The Bertz CT molecular complexity index is 2790. The Kier molecular flexibility index (Phi) is 10.8. The highest BCUT2D eigenvalue weighted by atomic mass is 19.1. The monoisotopic (exact) mass is 833 g/mol. The molecule has 314 valence electrons. The number of hydrogen-bond acceptors (Lipinski definition) is 9. The number of hydrogen-bond donors (Lipinski definition) is 1. The maximum Gasteiger partial charge on any atom is 0.350 e. The molecule has 3 saturated heterocycles. The molecule has 0 bridgehead atoms. The van der Waals surface area contributed by atoms with Crippen LogP contribution >= 0.6 is 0 Å². The largest absolute Gasteiger partial charge is 0.367 e. The lowest BCUT2D eigenvalue weighted by molar-refractivity contribution is -0.134. The Labute approximate surface area is 356 Å². The van der Waals surface area contributed by atoms with Crippen LogP contribution in [0.25, 0.3) is 27.9 Å². The first kappa shape index (κ1) is 40.2. The van der Waals surface area contributed by atoms with Crippen molar-refractivity contribution < 1.29 is 23.6 Å². The molecule has 0 saturated carbocycles. The average Bonchev–Trinajstić information content (AvgIpc) is 3.84. The number of piperazine rings is 1. The zero-order chi connectivity index (χ0) is 43.1. The summed E-state index contributed by atoms with van der Waals surface area (Å²) in [4.78, 5) is 74.6. The fourth-order valence-electron chi connectivity index (χ4n) is 8.75. The maximum absolute atomic E-state index is 15.4. The van der Waals surface area contributed by atoms with E-state index in [1.807, 2.05) is 42.2 Å². The molecular weight excluding hydrogens is 790 g/mol. The summed E-state index contributed by atoms with van der Waals surface area (Å²) < 4.78 is 18.2. The van der Waals surface area contributed by atoms with Gasteiger partial charge < -0.3 is 4.90 Å². The first-order valence-corrected chi connectivity index (χ1v) is 20.6. The molecule has 0 radical (unpaired) electrons. The SMILES string of the molecule is Cc1c(-c2ccc(-n3cnn(C)c3=O)cc2-c2ccc(CN3CCN(c4ccc(C5CCC(=O)NC5=O)cc4F)CC3)cc2)ccnc1N1CCN(c2cccc(C=O)c2)C1=O. The van der Waals surface area contributed by atoms with Gasteiger partial charge in [-0.2, -0.15) is 5.10 Å². The van der Waals surface area contributed by atoms with E-state index in [4.69, 9.17) is 0 Å². The molecule has 2 aromatic heterocycles. The molecule has 4 amide bonds. The van der Waals surface area contributed by atoms with Crippen LogP contribution in [0.1, 0.15) is 45.8 Å². The Morgan fingerprint density at radius 1 is 0.806 bits per heavy atom. The zero-order valence-corrected chi connectivity index (χ0v) is 34.3. The molecule has 5 heterocycles. The van der Waals surface area contributed by atoms with Gasteiger partial charge in [-0.1, -0.05) is 48.5 Å². The molecule has 0 spiro atoms. The molecule has 4 aromatic carbocycles. The number of nitrogens with one attached hydrogen (secondary N) is 1. The van der Waals surface area contributed by atoms with Crippen LogP contribution in [0.15, 0.2) is 108 Å². The van der Waals surface area contributed by atoms with Crippen LogP contribution in [0.4, 0.5) is 26.4 Å². The Morgan fingerprint density at radius 2 is 1.60 bits per heavy atom. The molecule has 9 rings (SSSR count). The summed E-state index contributed by atoms with van der Waals surface area (Å²) in [5, 5.41) is 6.51. The van der Waals surface area contributed by atoms with Gasteiger partial charge in [0.2, 0.25) is 11.8 Å². The van der Waals surface area contributed by atoms with Gasteiger partial charge in [-0.05, 0) is 94.8 Å². The molecule has 3 aliphatic heterocycles. The molecule has 15 heteroatoms. The highest BCUT2D eigenvalue weighted by Gasteiger charge is 2.33. The molecule has 1 atom stereocenters. The van der Waals surface area contributed by atoms with Crippen molar-refractivity contribution in [3.63, 3.8) is 0 Å². The number of urea groups is 1. The van der Waals surface area contributed by atoms with Gasteiger partial charge in [0.05, 0.1) is 17.3 Å². The first-order valence-electron chi connectivity index (χ1n) is 20.6. The average molecular weight is 834 g/mol. The molecule has 3 fully saturated rings. The fraction of sp³-hybridized carbons (Fsp3) is 0.255. The molecule has 0 aliphatic carbocycles. The maximum atomic E-state index is 15.4. The van der Waals surface area contributed by atoms with Crippen LogP contribution in [0.3, 0.4) is 0 Å². The Hall–Kier alpha value is -7.26. The van der Waals surface area contributed by atoms with Gasteiger partial charge in [0.25, 0.3) is 0 Å². The molecule has 1 unspecified atom stereocenters. The van der Waals surface area contributed by atoms with Crippen molar-refractivity contribution in [2.45, 2.75) is 32.2 Å². The van der Waals surface area contributed by atoms with Gasteiger partial charge in [-0.3, -0.25) is 34.4 Å². The smallest absolute Gasteiger partial charge is 0.350 e. The molecule has 3 aliphatic rings. The van der Waals surface area contributed by atoms with Crippen LogP contribution in [-0.2, 0) is 23.2 Å². The van der Waals surface area contributed by atoms with E-state index in [0.717, 1.165) is 52.8 Å². The molecule has 62 heavy (non-hydrogen) atoms. The third-order valence-electron chi connectivity index (χ3n) is 12.2. The number of anilines is 3. The summed E-state index contributed by atoms with van der Waals surface area (Å²) in [6.45, 7) is 6.26. The number of nitrogens with zero attached hydrogens (tertiary/aromatic N) is 8.